The number of nitrogens with zero attached hydrogens (tertiary/aromatic N) is 5. The highest BCUT2D eigenvalue weighted by Gasteiger charge is 2.26. The molecule has 1 aliphatic heterocycles. The van der Waals surface area contributed by atoms with Gasteiger partial charge in [0.05, 0.1) is 6.42 Å². The van der Waals surface area contributed by atoms with E-state index < -0.39 is 0 Å². The zero-order valence-corrected chi connectivity index (χ0v) is 16.2. The first-order valence-corrected chi connectivity index (χ1v) is 9.91. The van der Waals surface area contributed by atoms with Crippen molar-refractivity contribution in [2.24, 2.45) is 0 Å². The van der Waals surface area contributed by atoms with Crippen LogP contribution < -0.4 is 0 Å². The Balaban J connectivity index is 1.49. The highest BCUT2D eigenvalue weighted by atomic mass is 16.2. The summed E-state index contributed by atoms with van der Waals surface area (Å²) in [6.45, 7) is 3.64. The lowest BCUT2D eigenvalue weighted by molar-refractivity contribution is -0.131. The second-order valence-electron chi connectivity index (χ2n) is 7.20. The van der Waals surface area contributed by atoms with E-state index in [1.54, 1.807) is 12.4 Å². The standard InChI is InChI=1S/C22H25N5O/c1-2-20-24-12-14-27(20)21-7-3-6-19(25-21)18-5-4-13-26(16-18)22(28)15-17-8-10-23-11-9-17/h3,6-12,14,18H,2,4-5,13,15-16H2,1H3. The maximum Gasteiger partial charge on any atom is 0.227 e. The summed E-state index contributed by atoms with van der Waals surface area (Å²) < 4.78 is 2.04. The first-order chi connectivity index (χ1) is 13.7. The van der Waals surface area contributed by atoms with Gasteiger partial charge in [-0.25, -0.2) is 9.97 Å². The number of aryl methyl sites for hydroxylation is 1. The molecule has 1 unspecified atom stereocenters. The lowest BCUT2D eigenvalue weighted by Crippen LogP contribution is -2.40. The maximum atomic E-state index is 12.8. The summed E-state index contributed by atoms with van der Waals surface area (Å²) in [5, 5.41) is 0. The van der Waals surface area contributed by atoms with Gasteiger partial charge in [-0.05, 0) is 42.7 Å². The molecule has 1 aliphatic rings. The fourth-order valence-electron chi connectivity index (χ4n) is 3.84. The number of aromatic nitrogens is 4. The molecule has 6 heteroatoms. The first-order valence-electron chi connectivity index (χ1n) is 9.91. The number of likely N-dealkylation sites (tertiary alicyclic amines) is 1. The van der Waals surface area contributed by atoms with Crippen molar-refractivity contribution in [3.8, 4) is 5.82 Å². The van der Waals surface area contributed by atoms with Crippen LogP contribution in [0.25, 0.3) is 5.82 Å². The predicted molar refractivity (Wildman–Crippen MR) is 107 cm³/mol. The monoisotopic (exact) mass is 375 g/mol. The lowest BCUT2D eigenvalue weighted by atomic mass is 9.94. The largest absolute Gasteiger partial charge is 0.342 e. The average molecular weight is 375 g/mol. The number of amides is 1. The molecule has 28 heavy (non-hydrogen) atoms. The summed E-state index contributed by atoms with van der Waals surface area (Å²) in [7, 11) is 0. The van der Waals surface area contributed by atoms with E-state index in [4.69, 9.17) is 4.98 Å². The molecular formula is C22H25N5O. The van der Waals surface area contributed by atoms with E-state index in [1.807, 2.05) is 40.1 Å². The highest BCUT2D eigenvalue weighted by molar-refractivity contribution is 5.78. The van der Waals surface area contributed by atoms with Gasteiger partial charge in [-0.15, -0.1) is 0 Å². The summed E-state index contributed by atoms with van der Waals surface area (Å²) in [5.41, 5.74) is 2.06. The summed E-state index contributed by atoms with van der Waals surface area (Å²) in [6.07, 6.45) is 10.6. The van der Waals surface area contributed by atoms with Crippen molar-refractivity contribution in [1.29, 1.82) is 0 Å². The van der Waals surface area contributed by atoms with Crippen LogP contribution in [-0.4, -0.2) is 43.4 Å². The molecule has 1 amide bonds. The zero-order valence-electron chi connectivity index (χ0n) is 16.2. The Labute approximate surface area is 165 Å². The summed E-state index contributed by atoms with van der Waals surface area (Å²) in [4.78, 5) is 28.1. The Morgan fingerprint density at radius 1 is 1.18 bits per heavy atom. The number of carbonyl (C=O) groups is 1. The van der Waals surface area contributed by atoms with Crippen molar-refractivity contribution >= 4 is 5.91 Å². The molecule has 0 bridgehead atoms. The first kappa shape index (κ1) is 18.3. The van der Waals surface area contributed by atoms with Crippen molar-refractivity contribution < 1.29 is 4.79 Å². The second-order valence-corrected chi connectivity index (χ2v) is 7.20. The van der Waals surface area contributed by atoms with Crippen molar-refractivity contribution in [2.75, 3.05) is 13.1 Å². The summed E-state index contributed by atoms with van der Waals surface area (Å²) in [6, 6.07) is 9.95. The van der Waals surface area contributed by atoms with E-state index in [0.717, 1.165) is 55.3 Å². The molecule has 1 saturated heterocycles. The predicted octanol–water partition coefficient (Wildman–Crippen LogP) is 3.17. The molecule has 3 aromatic heterocycles. The Morgan fingerprint density at radius 2 is 2.04 bits per heavy atom. The fraction of sp³-hybridized carbons (Fsp3) is 0.364. The van der Waals surface area contributed by atoms with Crippen LogP contribution in [0.5, 0.6) is 0 Å². The number of rotatable bonds is 5. The van der Waals surface area contributed by atoms with Gasteiger partial charge >= 0.3 is 0 Å². The third-order valence-corrected chi connectivity index (χ3v) is 5.33. The molecule has 0 N–H and O–H groups in total. The smallest absolute Gasteiger partial charge is 0.227 e. The van der Waals surface area contributed by atoms with Crippen LogP contribution in [0.15, 0.2) is 55.1 Å². The van der Waals surface area contributed by atoms with E-state index in [-0.39, 0.29) is 11.8 Å². The van der Waals surface area contributed by atoms with Gasteiger partial charge in [0.1, 0.15) is 11.6 Å². The molecule has 0 spiro atoms. The van der Waals surface area contributed by atoms with Crippen LogP contribution in [0, 0.1) is 0 Å². The highest BCUT2D eigenvalue weighted by Crippen LogP contribution is 2.27. The molecule has 6 nitrogen and oxygen atoms in total. The van der Waals surface area contributed by atoms with E-state index in [2.05, 4.69) is 29.0 Å². The second kappa shape index (κ2) is 8.33. The number of piperidine rings is 1. The minimum atomic E-state index is 0.176. The van der Waals surface area contributed by atoms with Gasteiger partial charge in [0.15, 0.2) is 0 Å². The van der Waals surface area contributed by atoms with Crippen molar-refractivity contribution in [3.05, 3.63) is 72.2 Å². The fourth-order valence-corrected chi connectivity index (χ4v) is 3.84. The number of hydrogen-bond acceptors (Lipinski definition) is 4. The number of carbonyl (C=O) groups excluding carboxylic acids is 1. The summed E-state index contributed by atoms with van der Waals surface area (Å²) in [5.74, 6) is 2.34. The van der Waals surface area contributed by atoms with Gasteiger partial charge in [0.25, 0.3) is 0 Å². The number of pyridine rings is 2. The summed E-state index contributed by atoms with van der Waals surface area (Å²) >= 11 is 0. The van der Waals surface area contributed by atoms with Gasteiger partial charge in [0.2, 0.25) is 5.91 Å². The molecule has 4 heterocycles. The van der Waals surface area contributed by atoms with Crippen LogP contribution in [0.4, 0.5) is 0 Å². The average Bonchev–Trinajstić information content (AvgIpc) is 3.24. The van der Waals surface area contributed by atoms with Gasteiger partial charge in [-0.1, -0.05) is 13.0 Å². The van der Waals surface area contributed by atoms with Crippen LogP contribution in [0.2, 0.25) is 0 Å². The SMILES string of the molecule is CCc1nccn1-c1cccc(C2CCCN(C(=O)Cc3ccncc3)C2)n1. The third-order valence-electron chi connectivity index (χ3n) is 5.33. The van der Waals surface area contributed by atoms with Gasteiger partial charge in [-0.3, -0.25) is 14.3 Å². The van der Waals surface area contributed by atoms with Crippen LogP contribution in [-0.2, 0) is 17.6 Å². The van der Waals surface area contributed by atoms with E-state index in [1.165, 1.54) is 0 Å². The van der Waals surface area contributed by atoms with Crippen molar-refractivity contribution in [3.63, 3.8) is 0 Å². The molecule has 0 aromatic carbocycles. The molecule has 144 valence electrons. The van der Waals surface area contributed by atoms with Crippen LogP contribution in [0.1, 0.15) is 42.8 Å². The van der Waals surface area contributed by atoms with E-state index in [9.17, 15) is 4.79 Å². The van der Waals surface area contributed by atoms with Gasteiger partial charge in [0, 0.05) is 55.9 Å². The third kappa shape index (κ3) is 3.96. The Kier molecular flexibility index (Phi) is 5.46. The molecule has 1 fully saturated rings. The molecule has 3 aromatic rings. The Hall–Kier alpha value is -3.02. The normalized spacial score (nSPS) is 16.9. The number of imidazole rings is 1. The minimum Gasteiger partial charge on any atom is -0.342 e. The molecule has 1 atom stereocenters. The molecule has 4 rings (SSSR count). The van der Waals surface area contributed by atoms with E-state index in [0.29, 0.717) is 6.42 Å². The van der Waals surface area contributed by atoms with Gasteiger partial charge in [-0.2, -0.15) is 0 Å². The van der Waals surface area contributed by atoms with Crippen molar-refractivity contribution in [2.45, 2.75) is 38.5 Å². The van der Waals surface area contributed by atoms with E-state index >= 15 is 0 Å². The number of hydrogen-bond donors (Lipinski definition) is 0. The molecule has 0 saturated carbocycles. The Morgan fingerprint density at radius 3 is 2.86 bits per heavy atom. The van der Waals surface area contributed by atoms with Crippen LogP contribution in [0.3, 0.4) is 0 Å². The molecule has 0 aliphatic carbocycles. The van der Waals surface area contributed by atoms with Crippen LogP contribution >= 0.6 is 0 Å². The molecule has 0 radical (unpaired) electrons. The lowest BCUT2D eigenvalue weighted by Gasteiger charge is -2.32. The minimum absolute atomic E-state index is 0.176. The zero-order chi connectivity index (χ0) is 19.3. The maximum absolute atomic E-state index is 12.8. The van der Waals surface area contributed by atoms with Gasteiger partial charge < -0.3 is 4.90 Å². The van der Waals surface area contributed by atoms with Crippen molar-refractivity contribution in [1.82, 2.24) is 24.4 Å². The topological polar surface area (TPSA) is 63.9 Å². The quantitative estimate of drug-likeness (QED) is 0.687. The molecular weight excluding hydrogens is 350 g/mol. The Bertz CT molecular complexity index is 937.